The summed E-state index contributed by atoms with van der Waals surface area (Å²) in [6.45, 7) is 10.6. The smallest absolute Gasteiger partial charge is 0.222 e. The summed E-state index contributed by atoms with van der Waals surface area (Å²) in [5.41, 5.74) is 1.61. The van der Waals surface area contributed by atoms with Gasteiger partial charge in [0.25, 0.3) is 0 Å². The number of nitriles is 1. The average Bonchev–Trinajstić information content (AvgIpc) is 3.22. The molecule has 2 fully saturated rings. The van der Waals surface area contributed by atoms with Crippen molar-refractivity contribution in [1.82, 2.24) is 4.90 Å². The van der Waals surface area contributed by atoms with Crippen molar-refractivity contribution in [3.8, 4) is 6.07 Å². The first-order valence-corrected chi connectivity index (χ1v) is 12.7. The van der Waals surface area contributed by atoms with E-state index in [0.717, 1.165) is 43.3 Å². The SMILES string of the molecule is CCC1CCCCC1.CCCCCC(=O)N1CC[C@H](C)C1.Cc1ccc(C#N)c(Cl)c1. The van der Waals surface area contributed by atoms with Gasteiger partial charge in [-0.15, -0.1) is 0 Å². The molecule has 1 amide bonds. The van der Waals surface area contributed by atoms with Crippen molar-refractivity contribution in [3.05, 3.63) is 34.3 Å². The molecule has 0 N–H and O–H groups in total. The van der Waals surface area contributed by atoms with Crippen molar-refractivity contribution < 1.29 is 4.79 Å². The second-order valence-corrected chi connectivity index (χ2v) is 9.61. The highest BCUT2D eigenvalue weighted by molar-refractivity contribution is 6.31. The fourth-order valence-corrected chi connectivity index (χ4v) is 4.43. The van der Waals surface area contributed by atoms with Gasteiger partial charge in [-0.2, -0.15) is 5.26 Å². The number of hydrogen-bond acceptors (Lipinski definition) is 2. The van der Waals surface area contributed by atoms with E-state index < -0.39 is 0 Å². The van der Waals surface area contributed by atoms with Crippen molar-refractivity contribution in [3.63, 3.8) is 0 Å². The maximum absolute atomic E-state index is 11.6. The lowest BCUT2D eigenvalue weighted by atomic mass is 9.88. The number of unbranched alkanes of at least 4 members (excludes halogenated alkanes) is 2. The Morgan fingerprint density at radius 3 is 2.35 bits per heavy atom. The average molecular weight is 447 g/mol. The van der Waals surface area contributed by atoms with Crippen LogP contribution in [-0.2, 0) is 4.79 Å². The molecule has 3 rings (SSSR count). The van der Waals surface area contributed by atoms with Gasteiger partial charge >= 0.3 is 0 Å². The largest absolute Gasteiger partial charge is 0.342 e. The highest BCUT2D eigenvalue weighted by Gasteiger charge is 2.22. The van der Waals surface area contributed by atoms with Gasteiger partial charge in [0, 0.05) is 19.5 Å². The van der Waals surface area contributed by atoms with E-state index >= 15 is 0 Å². The third-order valence-corrected chi connectivity index (χ3v) is 6.63. The zero-order valence-corrected chi connectivity index (χ0v) is 21.0. The Kier molecular flexibility index (Phi) is 14.3. The number of aryl methyl sites for hydroxylation is 1. The molecular weight excluding hydrogens is 404 g/mol. The number of nitrogens with zero attached hydrogens (tertiary/aromatic N) is 2. The van der Waals surface area contributed by atoms with E-state index in [1.165, 1.54) is 57.8 Å². The Morgan fingerprint density at radius 2 is 1.87 bits per heavy atom. The molecule has 0 radical (unpaired) electrons. The summed E-state index contributed by atoms with van der Waals surface area (Å²) in [6.07, 6.45) is 14.3. The first-order chi connectivity index (χ1) is 14.9. The highest BCUT2D eigenvalue weighted by Crippen LogP contribution is 2.25. The van der Waals surface area contributed by atoms with Crippen LogP contribution in [0.3, 0.4) is 0 Å². The number of hydrogen-bond donors (Lipinski definition) is 0. The first kappa shape index (κ1) is 27.5. The van der Waals surface area contributed by atoms with Crippen LogP contribution in [0, 0.1) is 30.1 Å². The minimum absolute atomic E-state index is 0.373. The van der Waals surface area contributed by atoms with E-state index in [1.807, 2.05) is 24.0 Å². The molecule has 0 aromatic heterocycles. The van der Waals surface area contributed by atoms with Crippen LogP contribution in [0.5, 0.6) is 0 Å². The van der Waals surface area contributed by atoms with E-state index in [4.69, 9.17) is 16.9 Å². The molecule has 174 valence electrons. The molecule has 1 heterocycles. The van der Waals surface area contributed by atoms with Crippen LogP contribution < -0.4 is 0 Å². The maximum Gasteiger partial charge on any atom is 0.222 e. The third-order valence-electron chi connectivity index (χ3n) is 6.32. The Bertz CT molecular complexity index is 676. The molecule has 2 aliphatic rings. The molecule has 0 spiro atoms. The molecule has 31 heavy (non-hydrogen) atoms. The second kappa shape index (κ2) is 16.2. The summed E-state index contributed by atoms with van der Waals surface area (Å²) in [7, 11) is 0. The molecule has 3 nitrogen and oxygen atoms in total. The van der Waals surface area contributed by atoms with Gasteiger partial charge in [-0.25, -0.2) is 0 Å². The fraction of sp³-hybridized carbons (Fsp3) is 0.704. The monoisotopic (exact) mass is 446 g/mol. The second-order valence-electron chi connectivity index (χ2n) is 9.20. The van der Waals surface area contributed by atoms with Gasteiger partial charge in [0.2, 0.25) is 5.91 Å². The predicted molar refractivity (Wildman–Crippen MR) is 132 cm³/mol. The highest BCUT2D eigenvalue weighted by atomic mass is 35.5. The van der Waals surface area contributed by atoms with Gasteiger partial charge < -0.3 is 4.90 Å². The van der Waals surface area contributed by atoms with Crippen LogP contribution in [-0.4, -0.2) is 23.9 Å². The van der Waals surface area contributed by atoms with E-state index in [9.17, 15) is 4.79 Å². The van der Waals surface area contributed by atoms with Crippen molar-refractivity contribution in [2.24, 2.45) is 11.8 Å². The molecular formula is C27H43ClN2O. The third kappa shape index (κ3) is 11.6. The van der Waals surface area contributed by atoms with E-state index in [-0.39, 0.29) is 0 Å². The number of carbonyl (C=O) groups excluding carboxylic acids is 1. The molecule has 1 aromatic carbocycles. The van der Waals surface area contributed by atoms with E-state index in [2.05, 4.69) is 20.8 Å². The molecule has 0 unspecified atom stereocenters. The summed E-state index contributed by atoms with van der Waals surface area (Å²) < 4.78 is 0. The number of carbonyl (C=O) groups is 1. The summed E-state index contributed by atoms with van der Waals surface area (Å²) >= 11 is 5.71. The number of likely N-dealkylation sites (tertiary alicyclic amines) is 1. The lowest BCUT2D eigenvalue weighted by Crippen LogP contribution is -2.28. The number of amides is 1. The van der Waals surface area contributed by atoms with Gasteiger partial charge in [0.15, 0.2) is 0 Å². The molecule has 1 atom stereocenters. The van der Waals surface area contributed by atoms with Crippen LogP contribution in [0.15, 0.2) is 18.2 Å². The summed E-state index contributed by atoms with van der Waals surface area (Å²) in [5, 5.41) is 9.00. The maximum atomic E-state index is 11.6. The van der Waals surface area contributed by atoms with Gasteiger partial charge in [0.1, 0.15) is 6.07 Å². The summed E-state index contributed by atoms with van der Waals surface area (Å²) in [5.74, 6) is 2.18. The van der Waals surface area contributed by atoms with Crippen molar-refractivity contribution >= 4 is 17.5 Å². The summed E-state index contributed by atoms with van der Waals surface area (Å²) in [6, 6.07) is 7.35. The molecule has 1 saturated heterocycles. The van der Waals surface area contributed by atoms with Gasteiger partial charge in [-0.3, -0.25) is 4.79 Å². The molecule has 0 bridgehead atoms. The quantitative estimate of drug-likeness (QED) is 0.431. The van der Waals surface area contributed by atoms with Crippen molar-refractivity contribution in [2.45, 2.75) is 98.3 Å². The Morgan fingerprint density at radius 1 is 1.16 bits per heavy atom. The summed E-state index contributed by atoms with van der Waals surface area (Å²) in [4.78, 5) is 13.6. The van der Waals surface area contributed by atoms with Crippen LogP contribution >= 0.6 is 11.6 Å². The van der Waals surface area contributed by atoms with Gasteiger partial charge in [0.05, 0.1) is 10.6 Å². The van der Waals surface area contributed by atoms with Crippen molar-refractivity contribution in [1.29, 1.82) is 5.26 Å². The van der Waals surface area contributed by atoms with E-state index in [0.29, 0.717) is 16.5 Å². The zero-order chi connectivity index (χ0) is 23.1. The number of rotatable bonds is 5. The fourth-order valence-electron chi connectivity index (χ4n) is 4.15. The van der Waals surface area contributed by atoms with Crippen LogP contribution in [0.2, 0.25) is 5.02 Å². The number of halogens is 1. The zero-order valence-electron chi connectivity index (χ0n) is 20.3. The predicted octanol–water partition coefficient (Wildman–Crippen LogP) is 7.93. The molecule has 1 aliphatic carbocycles. The first-order valence-electron chi connectivity index (χ1n) is 12.3. The molecule has 4 heteroatoms. The lowest BCUT2D eigenvalue weighted by molar-refractivity contribution is -0.130. The van der Waals surface area contributed by atoms with Crippen LogP contribution in [0.4, 0.5) is 0 Å². The van der Waals surface area contributed by atoms with Gasteiger partial charge in [-0.05, 0) is 49.3 Å². The lowest BCUT2D eigenvalue weighted by Gasteiger charge is -2.18. The topological polar surface area (TPSA) is 44.1 Å². The number of benzene rings is 1. The molecule has 1 aliphatic heterocycles. The minimum atomic E-state index is 0.373. The Labute approximate surface area is 196 Å². The minimum Gasteiger partial charge on any atom is -0.342 e. The Balaban J connectivity index is 0.000000240. The normalized spacial score (nSPS) is 18.3. The van der Waals surface area contributed by atoms with Crippen LogP contribution in [0.1, 0.15) is 103 Å². The molecule has 1 saturated carbocycles. The Hall–Kier alpha value is -1.53. The van der Waals surface area contributed by atoms with Crippen molar-refractivity contribution in [2.75, 3.05) is 13.1 Å². The molecule has 1 aromatic rings. The standard InChI is InChI=1S/C11H21NO.C8H6ClN.C8H16/c1-3-4-5-6-11(13)12-8-7-10(2)9-12;1-6-2-3-7(5-10)8(9)4-6;1-2-8-6-4-3-5-7-8/h10H,3-9H2,1-2H3;2-4H,1H3;8H,2-7H2,1H3/t10-;;/m0../s1. The van der Waals surface area contributed by atoms with E-state index in [1.54, 1.807) is 12.1 Å². The van der Waals surface area contributed by atoms with Crippen LogP contribution in [0.25, 0.3) is 0 Å². The van der Waals surface area contributed by atoms with Gasteiger partial charge in [-0.1, -0.05) is 89.8 Å².